The van der Waals surface area contributed by atoms with Gasteiger partial charge in [-0.15, -0.1) is 0 Å². The molecule has 0 aliphatic heterocycles. The molecule has 0 fully saturated rings. The summed E-state index contributed by atoms with van der Waals surface area (Å²) in [5.41, 5.74) is 1.79. The van der Waals surface area contributed by atoms with Crippen molar-refractivity contribution in [2.24, 2.45) is 0 Å². The van der Waals surface area contributed by atoms with Crippen LogP contribution in [-0.4, -0.2) is 12.2 Å². The van der Waals surface area contributed by atoms with E-state index in [1.165, 1.54) is 3.57 Å². The van der Waals surface area contributed by atoms with Gasteiger partial charge in [0.2, 0.25) is 0 Å². The lowest BCUT2D eigenvalue weighted by Gasteiger charge is -2.13. The third-order valence-electron chi connectivity index (χ3n) is 2.46. The molecular weight excluding hydrogens is 371 g/mol. The number of nitrogens with one attached hydrogen (secondary N) is 2. The Morgan fingerprint density at radius 3 is 2.42 bits per heavy atom. The van der Waals surface area contributed by atoms with Gasteiger partial charge >= 0.3 is 0 Å². The maximum atomic E-state index is 5.28. The number of para-hydroxylation sites is 2. The van der Waals surface area contributed by atoms with Crippen molar-refractivity contribution in [2.45, 2.75) is 0 Å². The first kappa shape index (κ1) is 14.1. The monoisotopic (exact) mass is 384 g/mol. The van der Waals surface area contributed by atoms with E-state index < -0.39 is 0 Å². The molecule has 0 radical (unpaired) electrons. The lowest BCUT2D eigenvalue weighted by atomic mass is 10.3. The van der Waals surface area contributed by atoms with Crippen molar-refractivity contribution in [2.75, 3.05) is 17.7 Å². The summed E-state index contributed by atoms with van der Waals surface area (Å²) in [6, 6.07) is 15.7. The van der Waals surface area contributed by atoms with E-state index in [1.54, 1.807) is 7.11 Å². The van der Waals surface area contributed by atoms with Gasteiger partial charge in [0.1, 0.15) is 5.75 Å². The van der Waals surface area contributed by atoms with Gasteiger partial charge in [-0.1, -0.05) is 12.1 Å². The molecule has 0 aliphatic carbocycles. The third-order valence-corrected chi connectivity index (χ3v) is 3.38. The highest BCUT2D eigenvalue weighted by Gasteiger charge is 2.03. The molecule has 2 aromatic rings. The summed E-state index contributed by atoms with van der Waals surface area (Å²) in [7, 11) is 1.64. The second-order valence-electron chi connectivity index (χ2n) is 3.79. The van der Waals surface area contributed by atoms with Crippen molar-refractivity contribution in [1.29, 1.82) is 0 Å². The van der Waals surface area contributed by atoms with Crippen LogP contribution in [0.5, 0.6) is 5.75 Å². The van der Waals surface area contributed by atoms with Gasteiger partial charge in [0, 0.05) is 9.26 Å². The third kappa shape index (κ3) is 4.07. The molecule has 0 spiro atoms. The molecule has 0 saturated carbocycles. The van der Waals surface area contributed by atoms with Crippen LogP contribution in [0, 0.1) is 3.57 Å². The molecule has 0 amide bonds. The molecule has 5 heteroatoms. The summed E-state index contributed by atoms with van der Waals surface area (Å²) in [5.74, 6) is 0.759. The summed E-state index contributed by atoms with van der Waals surface area (Å²) in [6.07, 6.45) is 0. The van der Waals surface area contributed by atoms with Crippen LogP contribution in [0.3, 0.4) is 0 Å². The minimum atomic E-state index is 0.533. The average molecular weight is 384 g/mol. The SMILES string of the molecule is COc1ccccc1NC(=S)Nc1ccc(I)cc1. The molecular formula is C14H13IN2OS. The Hall–Kier alpha value is -1.34. The normalized spacial score (nSPS) is 9.79. The number of methoxy groups -OCH3 is 1. The second-order valence-corrected chi connectivity index (χ2v) is 5.44. The van der Waals surface area contributed by atoms with E-state index >= 15 is 0 Å². The molecule has 0 heterocycles. The highest BCUT2D eigenvalue weighted by molar-refractivity contribution is 14.1. The Morgan fingerprint density at radius 2 is 1.74 bits per heavy atom. The quantitative estimate of drug-likeness (QED) is 0.617. The van der Waals surface area contributed by atoms with Crippen LogP contribution in [0.1, 0.15) is 0 Å². The smallest absolute Gasteiger partial charge is 0.175 e. The van der Waals surface area contributed by atoms with Crippen molar-refractivity contribution in [3.8, 4) is 5.75 Å². The maximum Gasteiger partial charge on any atom is 0.175 e. The molecule has 19 heavy (non-hydrogen) atoms. The summed E-state index contributed by atoms with van der Waals surface area (Å²) < 4.78 is 6.45. The van der Waals surface area contributed by atoms with Crippen molar-refractivity contribution in [3.05, 3.63) is 52.1 Å². The predicted molar refractivity (Wildman–Crippen MR) is 92.0 cm³/mol. The van der Waals surface area contributed by atoms with Crippen LogP contribution < -0.4 is 15.4 Å². The van der Waals surface area contributed by atoms with E-state index in [0.29, 0.717) is 5.11 Å². The Labute approximate surface area is 131 Å². The summed E-state index contributed by atoms with van der Waals surface area (Å²) in [6.45, 7) is 0. The van der Waals surface area contributed by atoms with Gasteiger partial charge in [-0.05, 0) is 71.2 Å². The fourth-order valence-electron chi connectivity index (χ4n) is 1.57. The number of rotatable bonds is 3. The van der Waals surface area contributed by atoms with Crippen LogP contribution >= 0.6 is 34.8 Å². The van der Waals surface area contributed by atoms with E-state index in [2.05, 4.69) is 33.2 Å². The van der Waals surface area contributed by atoms with E-state index in [9.17, 15) is 0 Å². The highest BCUT2D eigenvalue weighted by atomic mass is 127. The Balaban J connectivity index is 2.03. The number of thiocarbonyl (C=S) groups is 1. The molecule has 0 atom stereocenters. The van der Waals surface area contributed by atoms with Gasteiger partial charge in [-0.2, -0.15) is 0 Å². The number of ether oxygens (including phenoxy) is 1. The molecule has 0 unspecified atom stereocenters. The molecule has 0 aliphatic rings. The number of hydrogen-bond donors (Lipinski definition) is 2. The predicted octanol–water partition coefficient (Wildman–Crippen LogP) is 4.11. The lowest BCUT2D eigenvalue weighted by Crippen LogP contribution is -2.19. The number of halogens is 1. The van der Waals surface area contributed by atoms with E-state index in [-0.39, 0.29) is 0 Å². The van der Waals surface area contributed by atoms with E-state index in [0.717, 1.165) is 17.1 Å². The zero-order valence-corrected chi connectivity index (χ0v) is 13.3. The maximum absolute atomic E-state index is 5.28. The van der Waals surface area contributed by atoms with Crippen LogP contribution in [0.4, 0.5) is 11.4 Å². The van der Waals surface area contributed by atoms with Crippen LogP contribution in [-0.2, 0) is 0 Å². The molecule has 2 aromatic carbocycles. The van der Waals surface area contributed by atoms with Gasteiger partial charge in [0.15, 0.2) is 5.11 Å². The van der Waals surface area contributed by atoms with Crippen molar-refractivity contribution in [1.82, 2.24) is 0 Å². The van der Waals surface area contributed by atoms with Gasteiger partial charge in [0.25, 0.3) is 0 Å². The molecule has 2 N–H and O–H groups in total. The topological polar surface area (TPSA) is 33.3 Å². The number of anilines is 2. The van der Waals surface area contributed by atoms with Gasteiger partial charge in [-0.25, -0.2) is 0 Å². The van der Waals surface area contributed by atoms with Crippen LogP contribution in [0.15, 0.2) is 48.5 Å². The van der Waals surface area contributed by atoms with Crippen molar-refractivity contribution in [3.63, 3.8) is 0 Å². The highest BCUT2D eigenvalue weighted by Crippen LogP contribution is 2.23. The minimum absolute atomic E-state index is 0.533. The zero-order valence-electron chi connectivity index (χ0n) is 10.3. The van der Waals surface area contributed by atoms with E-state index in [1.807, 2.05) is 48.5 Å². The van der Waals surface area contributed by atoms with Crippen molar-refractivity contribution < 1.29 is 4.74 Å². The van der Waals surface area contributed by atoms with Gasteiger partial charge in [0.05, 0.1) is 12.8 Å². The van der Waals surface area contributed by atoms with Gasteiger partial charge < -0.3 is 15.4 Å². The van der Waals surface area contributed by atoms with Gasteiger partial charge in [-0.3, -0.25) is 0 Å². The summed E-state index contributed by atoms with van der Waals surface area (Å²) >= 11 is 7.54. The molecule has 0 aromatic heterocycles. The Morgan fingerprint density at radius 1 is 1.05 bits per heavy atom. The second kappa shape index (κ2) is 6.72. The standard InChI is InChI=1S/C14H13IN2OS/c1-18-13-5-3-2-4-12(13)17-14(19)16-11-8-6-10(15)7-9-11/h2-9H,1H3,(H2,16,17,19). The summed E-state index contributed by atoms with van der Waals surface area (Å²) in [5, 5.41) is 6.78. The lowest BCUT2D eigenvalue weighted by molar-refractivity contribution is 0.417. The van der Waals surface area contributed by atoms with Crippen LogP contribution in [0.25, 0.3) is 0 Å². The Kier molecular flexibility index (Phi) is 4.98. The summed E-state index contributed by atoms with van der Waals surface area (Å²) in [4.78, 5) is 0. The fraction of sp³-hybridized carbons (Fsp3) is 0.0714. The first-order valence-corrected chi connectivity index (χ1v) is 7.14. The van der Waals surface area contributed by atoms with Crippen LogP contribution in [0.2, 0.25) is 0 Å². The molecule has 98 valence electrons. The van der Waals surface area contributed by atoms with Crippen molar-refractivity contribution >= 4 is 51.3 Å². The average Bonchev–Trinajstić information content (AvgIpc) is 2.42. The first-order valence-electron chi connectivity index (χ1n) is 5.65. The number of hydrogen-bond acceptors (Lipinski definition) is 2. The Bertz CT molecular complexity index is 572. The zero-order chi connectivity index (χ0) is 13.7. The van der Waals surface area contributed by atoms with E-state index in [4.69, 9.17) is 17.0 Å². The first-order chi connectivity index (χ1) is 9.19. The fourth-order valence-corrected chi connectivity index (χ4v) is 2.15. The molecule has 0 saturated heterocycles. The largest absolute Gasteiger partial charge is 0.495 e. The molecule has 0 bridgehead atoms. The minimum Gasteiger partial charge on any atom is -0.495 e. The molecule has 2 rings (SSSR count). The molecule has 3 nitrogen and oxygen atoms in total. The number of benzene rings is 2.